The second kappa shape index (κ2) is 6.22. The molecule has 1 aromatic rings. The molecule has 1 aromatic carbocycles. The van der Waals surface area contributed by atoms with Gasteiger partial charge in [0.15, 0.2) is 0 Å². The van der Waals surface area contributed by atoms with Crippen LogP contribution in [0, 0.1) is 5.92 Å². The van der Waals surface area contributed by atoms with Crippen molar-refractivity contribution in [3.8, 4) is 5.75 Å². The van der Waals surface area contributed by atoms with Gasteiger partial charge >= 0.3 is 6.18 Å². The van der Waals surface area contributed by atoms with Gasteiger partial charge in [0.25, 0.3) is 0 Å². The first-order valence-electron chi connectivity index (χ1n) is 6.56. The van der Waals surface area contributed by atoms with Gasteiger partial charge in [0.2, 0.25) is 0 Å². The molecule has 2 rings (SSSR count). The molecule has 1 fully saturated rings. The minimum atomic E-state index is -4.39. The van der Waals surface area contributed by atoms with Crippen molar-refractivity contribution in [2.75, 3.05) is 20.2 Å². The lowest BCUT2D eigenvalue weighted by atomic mass is 9.90. The third-order valence-corrected chi connectivity index (χ3v) is 3.90. The van der Waals surface area contributed by atoms with Crippen LogP contribution in [0.5, 0.6) is 5.75 Å². The Morgan fingerprint density at radius 1 is 1.30 bits per heavy atom. The fourth-order valence-electron chi connectivity index (χ4n) is 2.59. The Hall–Kier alpha value is -0.940. The molecule has 1 N–H and O–H groups in total. The summed E-state index contributed by atoms with van der Waals surface area (Å²) in [6, 6.07) is 2.08. The molecule has 20 heavy (non-hydrogen) atoms. The number of halogens is 4. The molecule has 0 aromatic heterocycles. The second-order valence-electron chi connectivity index (χ2n) is 5.05. The third-order valence-electron chi connectivity index (χ3n) is 3.62. The summed E-state index contributed by atoms with van der Waals surface area (Å²) in [5.41, 5.74) is -0.175. The van der Waals surface area contributed by atoms with E-state index in [0.29, 0.717) is 23.7 Å². The zero-order valence-electron chi connectivity index (χ0n) is 11.2. The predicted octanol–water partition coefficient (Wildman–Crippen LogP) is 3.91. The number of hydrogen-bond donors (Lipinski definition) is 1. The van der Waals surface area contributed by atoms with Crippen LogP contribution in [-0.4, -0.2) is 20.2 Å². The average molecular weight is 308 g/mol. The highest BCUT2D eigenvalue weighted by atomic mass is 35.5. The Labute approximate surface area is 121 Å². The summed E-state index contributed by atoms with van der Waals surface area (Å²) in [6.45, 7) is 1.80. The molecule has 2 nitrogen and oxygen atoms in total. The van der Waals surface area contributed by atoms with Crippen molar-refractivity contribution in [3.05, 3.63) is 28.3 Å². The van der Waals surface area contributed by atoms with Crippen molar-refractivity contribution in [1.29, 1.82) is 0 Å². The Morgan fingerprint density at radius 2 is 1.95 bits per heavy atom. The molecule has 0 saturated carbocycles. The number of methoxy groups -OCH3 is 1. The molecule has 0 bridgehead atoms. The highest BCUT2D eigenvalue weighted by molar-refractivity contribution is 6.32. The molecule has 0 aliphatic carbocycles. The number of piperidine rings is 1. The maximum Gasteiger partial charge on any atom is 0.416 e. The zero-order chi connectivity index (χ0) is 14.8. The largest absolute Gasteiger partial charge is 0.495 e. The van der Waals surface area contributed by atoms with Gasteiger partial charge in [0, 0.05) is 0 Å². The lowest BCUT2D eigenvalue weighted by Gasteiger charge is -2.24. The lowest BCUT2D eigenvalue weighted by molar-refractivity contribution is -0.137. The molecule has 0 radical (unpaired) electrons. The van der Waals surface area contributed by atoms with E-state index in [1.807, 2.05) is 0 Å². The molecule has 0 unspecified atom stereocenters. The van der Waals surface area contributed by atoms with Crippen LogP contribution in [0.3, 0.4) is 0 Å². The van der Waals surface area contributed by atoms with Gasteiger partial charge in [0.1, 0.15) is 5.75 Å². The molecule has 0 spiro atoms. The second-order valence-corrected chi connectivity index (χ2v) is 5.45. The SMILES string of the molecule is COc1c(Cl)cc(C(F)(F)F)cc1CC1CCNCC1. The van der Waals surface area contributed by atoms with Crippen molar-refractivity contribution in [1.82, 2.24) is 5.32 Å². The van der Waals surface area contributed by atoms with Gasteiger partial charge in [-0.05, 0) is 56.0 Å². The van der Waals surface area contributed by atoms with E-state index in [4.69, 9.17) is 16.3 Å². The number of benzene rings is 1. The summed E-state index contributed by atoms with van der Waals surface area (Å²) < 4.78 is 43.7. The first-order valence-corrected chi connectivity index (χ1v) is 6.94. The normalized spacial score (nSPS) is 17.2. The smallest absolute Gasteiger partial charge is 0.416 e. The summed E-state index contributed by atoms with van der Waals surface area (Å²) in [4.78, 5) is 0. The van der Waals surface area contributed by atoms with E-state index >= 15 is 0 Å². The molecule has 0 amide bonds. The van der Waals surface area contributed by atoms with Crippen molar-refractivity contribution in [2.45, 2.75) is 25.4 Å². The highest BCUT2D eigenvalue weighted by Gasteiger charge is 2.32. The molecule has 6 heteroatoms. The van der Waals surface area contributed by atoms with Gasteiger partial charge < -0.3 is 10.1 Å². The summed E-state index contributed by atoms with van der Waals surface area (Å²) in [7, 11) is 1.43. The first-order chi connectivity index (χ1) is 9.41. The van der Waals surface area contributed by atoms with E-state index in [1.54, 1.807) is 0 Å². The highest BCUT2D eigenvalue weighted by Crippen LogP contribution is 2.38. The summed E-state index contributed by atoms with van der Waals surface area (Å²) >= 11 is 5.92. The van der Waals surface area contributed by atoms with Crippen LogP contribution < -0.4 is 10.1 Å². The van der Waals surface area contributed by atoms with E-state index in [-0.39, 0.29) is 5.02 Å². The van der Waals surface area contributed by atoms with E-state index in [0.717, 1.165) is 38.1 Å². The minimum Gasteiger partial charge on any atom is -0.495 e. The molecular formula is C14H17ClF3NO. The van der Waals surface area contributed by atoms with Gasteiger partial charge in [0.05, 0.1) is 17.7 Å². The fourth-order valence-corrected chi connectivity index (χ4v) is 2.91. The van der Waals surface area contributed by atoms with Crippen LogP contribution in [0.25, 0.3) is 0 Å². The Balaban J connectivity index is 2.30. The number of hydrogen-bond acceptors (Lipinski definition) is 2. The maximum absolute atomic E-state index is 12.9. The minimum absolute atomic E-state index is 0.0197. The fraction of sp³-hybridized carbons (Fsp3) is 0.571. The van der Waals surface area contributed by atoms with Crippen molar-refractivity contribution in [2.24, 2.45) is 5.92 Å². The lowest BCUT2D eigenvalue weighted by Crippen LogP contribution is -2.28. The number of rotatable bonds is 3. The van der Waals surface area contributed by atoms with Crippen LogP contribution in [0.4, 0.5) is 13.2 Å². The van der Waals surface area contributed by atoms with E-state index in [9.17, 15) is 13.2 Å². The van der Waals surface area contributed by atoms with Crippen LogP contribution in [0.2, 0.25) is 5.02 Å². The third kappa shape index (κ3) is 3.58. The van der Waals surface area contributed by atoms with Gasteiger partial charge in [-0.3, -0.25) is 0 Å². The van der Waals surface area contributed by atoms with Crippen molar-refractivity contribution in [3.63, 3.8) is 0 Å². The number of ether oxygens (including phenoxy) is 1. The van der Waals surface area contributed by atoms with Crippen LogP contribution in [0.1, 0.15) is 24.0 Å². The van der Waals surface area contributed by atoms with Crippen molar-refractivity contribution < 1.29 is 17.9 Å². The Morgan fingerprint density at radius 3 is 2.50 bits per heavy atom. The predicted molar refractivity (Wildman–Crippen MR) is 72.3 cm³/mol. The Kier molecular flexibility index (Phi) is 4.81. The van der Waals surface area contributed by atoms with Gasteiger partial charge in [-0.2, -0.15) is 13.2 Å². The summed E-state index contributed by atoms with van der Waals surface area (Å²) in [6.07, 6.45) is -1.92. The monoisotopic (exact) mass is 307 g/mol. The zero-order valence-corrected chi connectivity index (χ0v) is 11.9. The Bertz CT molecular complexity index is 470. The van der Waals surface area contributed by atoms with Gasteiger partial charge in [-0.15, -0.1) is 0 Å². The standard InChI is InChI=1S/C14H17ClF3NO/c1-20-13-10(6-9-2-4-19-5-3-9)7-11(8-12(13)15)14(16,17)18/h7-9,19H,2-6H2,1H3. The first kappa shape index (κ1) is 15.4. The number of nitrogens with one attached hydrogen (secondary N) is 1. The molecule has 1 aliphatic rings. The van der Waals surface area contributed by atoms with Crippen molar-refractivity contribution >= 4 is 11.6 Å². The summed E-state index contributed by atoms with van der Waals surface area (Å²) in [5.74, 6) is 0.725. The summed E-state index contributed by atoms with van der Waals surface area (Å²) in [5, 5.41) is 3.26. The van der Waals surface area contributed by atoms with Crippen LogP contribution in [0.15, 0.2) is 12.1 Å². The van der Waals surface area contributed by atoms with Gasteiger partial charge in [-0.1, -0.05) is 11.6 Å². The topological polar surface area (TPSA) is 21.3 Å². The molecule has 1 saturated heterocycles. The van der Waals surface area contributed by atoms with E-state index < -0.39 is 11.7 Å². The quantitative estimate of drug-likeness (QED) is 0.914. The molecular weight excluding hydrogens is 291 g/mol. The number of alkyl halides is 3. The maximum atomic E-state index is 12.9. The molecule has 1 aliphatic heterocycles. The average Bonchev–Trinajstić information content (AvgIpc) is 2.38. The van der Waals surface area contributed by atoms with Gasteiger partial charge in [-0.25, -0.2) is 0 Å². The van der Waals surface area contributed by atoms with E-state index in [1.165, 1.54) is 7.11 Å². The molecule has 1 heterocycles. The molecule has 112 valence electrons. The van der Waals surface area contributed by atoms with Crippen LogP contribution >= 0.6 is 11.6 Å². The van der Waals surface area contributed by atoms with E-state index in [2.05, 4.69) is 5.32 Å². The van der Waals surface area contributed by atoms with Crippen LogP contribution in [-0.2, 0) is 12.6 Å². The molecule has 0 atom stereocenters.